The topological polar surface area (TPSA) is 66.5 Å². The number of carbonyl (C=O) groups is 1. The van der Waals surface area contributed by atoms with Gasteiger partial charge in [-0.3, -0.25) is 4.79 Å². The zero-order chi connectivity index (χ0) is 17.6. The lowest BCUT2D eigenvalue weighted by Gasteiger charge is -2.17. The molecule has 2 aromatic rings. The van der Waals surface area contributed by atoms with Gasteiger partial charge in [-0.25, -0.2) is 17.1 Å². The predicted molar refractivity (Wildman–Crippen MR) is 90.4 cm³/mol. The molecule has 2 rings (SSSR count). The fourth-order valence-corrected chi connectivity index (χ4v) is 3.11. The van der Waals surface area contributed by atoms with Crippen molar-refractivity contribution in [1.29, 1.82) is 0 Å². The van der Waals surface area contributed by atoms with Crippen LogP contribution in [0.3, 0.4) is 0 Å². The van der Waals surface area contributed by atoms with E-state index in [1.807, 2.05) is 30.3 Å². The molecule has 0 saturated heterocycles. The Morgan fingerprint density at radius 1 is 1.08 bits per heavy atom. The molecule has 7 heteroatoms. The van der Waals surface area contributed by atoms with Crippen molar-refractivity contribution >= 4 is 15.9 Å². The van der Waals surface area contributed by atoms with Crippen LogP contribution in [0, 0.1) is 5.82 Å². The third-order valence-electron chi connectivity index (χ3n) is 3.47. The molecule has 0 aliphatic heterocycles. The van der Waals surface area contributed by atoms with Gasteiger partial charge < -0.3 is 5.32 Å². The monoisotopic (exact) mass is 350 g/mol. The molecule has 0 fully saturated rings. The first kappa shape index (κ1) is 18.1. The lowest BCUT2D eigenvalue weighted by Crippen LogP contribution is -2.35. The van der Waals surface area contributed by atoms with Crippen LogP contribution in [0.15, 0.2) is 54.6 Å². The first-order valence-electron chi connectivity index (χ1n) is 7.40. The van der Waals surface area contributed by atoms with Gasteiger partial charge in [0.25, 0.3) is 5.91 Å². The largest absolute Gasteiger partial charge is 0.351 e. The highest BCUT2D eigenvalue weighted by molar-refractivity contribution is 7.89. The highest BCUT2D eigenvalue weighted by atomic mass is 32.2. The molecule has 0 aliphatic rings. The highest BCUT2D eigenvalue weighted by Crippen LogP contribution is 2.07. The molecule has 0 unspecified atom stereocenters. The molecule has 24 heavy (non-hydrogen) atoms. The molecule has 2 aromatic carbocycles. The highest BCUT2D eigenvalue weighted by Gasteiger charge is 2.18. The molecular weight excluding hydrogens is 331 g/mol. The molecular formula is C17H19FN2O3S. The summed E-state index contributed by atoms with van der Waals surface area (Å²) in [4.78, 5) is 11.9. The van der Waals surface area contributed by atoms with Crippen LogP contribution in [0.25, 0.3) is 0 Å². The minimum atomic E-state index is -3.48. The van der Waals surface area contributed by atoms with Gasteiger partial charge in [0.05, 0.1) is 5.75 Å². The second kappa shape index (κ2) is 8.03. The Hall–Kier alpha value is -2.25. The molecule has 128 valence electrons. The van der Waals surface area contributed by atoms with E-state index in [1.165, 1.54) is 35.6 Å². The van der Waals surface area contributed by atoms with Crippen molar-refractivity contribution in [3.05, 3.63) is 71.5 Å². The van der Waals surface area contributed by atoms with E-state index in [9.17, 15) is 17.6 Å². The summed E-state index contributed by atoms with van der Waals surface area (Å²) >= 11 is 0. The van der Waals surface area contributed by atoms with Gasteiger partial charge in [-0.1, -0.05) is 30.3 Å². The van der Waals surface area contributed by atoms with Crippen molar-refractivity contribution in [3.63, 3.8) is 0 Å². The maximum Gasteiger partial charge on any atom is 0.251 e. The fourth-order valence-electron chi connectivity index (χ4n) is 2.09. The Labute approximate surface area is 141 Å². The van der Waals surface area contributed by atoms with Crippen molar-refractivity contribution in [2.24, 2.45) is 0 Å². The Morgan fingerprint density at radius 2 is 1.71 bits per heavy atom. The van der Waals surface area contributed by atoms with E-state index < -0.39 is 21.7 Å². The third kappa shape index (κ3) is 5.14. The molecule has 0 bridgehead atoms. The summed E-state index contributed by atoms with van der Waals surface area (Å²) in [6, 6.07) is 14.3. The Bertz CT molecular complexity index is 777. The lowest BCUT2D eigenvalue weighted by molar-refractivity contribution is 0.0956. The van der Waals surface area contributed by atoms with E-state index in [0.29, 0.717) is 0 Å². The molecule has 0 aliphatic carbocycles. The number of hydrogen-bond donors (Lipinski definition) is 1. The van der Waals surface area contributed by atoms with Gasteiger partial charge in [0, 0.05) is 25.7 Å². The first-order valence-corrected chi connectivity index (χ1v) is 9.01. The van der Waals surface area contributed by atoms with Crippen molar-refractivity contribution in [1.82, 2.24) is 9.62 Å². The number of hydrogen-bond acceptors (Lipinski definition) is 3. The number of carbonyl (C=O) groups excluding carboxylic acids is 1. The predicted octanol–water partition coefficient (Wildman–Crippen LogP) is 2.02. The van der Waals surface area contributed by atoms with Crippen LogP contribution in [0.2, 0.25) is 0 Å². The van der Waals surface area contributed by atoms with E-state index in [2.05, 4.69) is 5.32 Å². The van der Waals surface area contributed by atoms with Gasteiger partial charge in [-0.2, -0.15) is 0 Å². The number of nitrogens with zero attached hydrogens (tertiary/aromatic N) is 1. The summed E-state index contributed by atoms with van der Waals surface area (Å²) < 4.78 is 38.5. The standard InChI is InChI=1S/C17H19FN2O3S/c1-20(13-14-5-3-2-4-6-14)24(22,23)12-11-19-17(21)15-7-9-16(18)10-8-15/h2-10H,11-13H2,1H3,(H,19,21). The maximum absolute atomic E-state index is 12.8. The second-order valence-electron chi connectivity index (χ2n) is 5.32. The molecule has 0 heterocycles. The van der Waals surface area contributed by atoms with Crippen LogP contribution < -0.4 is 5.32 Å². The zero-order valence-corrected chi connectivity index (χ0v) is 14.1. The van der Waals surface area contributed by atoms with Gasteiger partial charge in [0.2, 0.25) is 10.0 Å². The third-order valence-corrected chi connectivity index (χ3v) is 5.27. The number of rotatable bonds is 7. The zero-order valence-electron chi connectivity index (χ0n) is 13.3. The van der Waals surface area contributed by atoms with Gasteiger partial charge in [-0.05, 0) is 29.8 Å². The second-order valence-corrected chi connectivity index (χ2v) is 7.52. The van der Waals surface area contributed by atoms with E-state index in [1.54, 1.807) is 0 Å². The van der Waals surface area contributed by atoms with Crippen LogP contribution >= 0.6 is 0 Å². The first-order chi connectivity index (χ1) is 11.4. The quantitative estimate of drug-likeness (QED) is 0.831. The van der Waals surface area contributed by atoms with Gasteiger partial charge in [-0.15, -0.1) is 0 Å². The van der Waals surface area contributed by atoms with Crippen LogP contribution in [0.5, 0.6) is 0 Å². The van der Waals surface area contributed by atoms with Crippen molar-refractivity contribution in [2.45, 2.75) is 6.54 Å². The normalized spacial score (nSPS) is 11.5. The summed E-state index contributed by atoms with van der Waals surface area (Å²) in [7, 11) is -1.98. The molecule has 0 atom stereocenters. The summed E-state index contributed by atoms with van der Waals surface area (Å²) in [5, 5.41) is 2.53. The van der Waals surface area contributed by atoms with Crippen molar-refractivity contribution < 1.29 is 17.6 Å². The van der Waals surface area contributed by atoms with Crippen molar-refractivity contribution in [2.75, 3.05) is 19.3 Å². The molecule has 1 amide bonds. The molecule has 5 nitrogen and oxygen atoms in total. The van der Waals surface area contributed by atoms with E-state index >= 15 is 0 Å². The van der Waals surface area contributed by atoms with Gasteiger partial charge in [0.15, 0.2) is 0 Å². The number of nitrogens with one attached hydrogen (secondary N) is 1. The number of halogens is 1. The smallest absolute Gasteiger partial charge is 0.251 e. The maximum atomic E-state index is 12.8. The lowest BCUT2D eigenvalue weighted by atomic mass is 10.2. The average molecular weight is 350 g/mol. The van der Waals surface area contributed by atoms with Gasteiger partial charge in [0.1, 0.15) is 5.82 Å². The average Bonchev–Trinajstić information content (AvgIpc) is 2.56. The van der Waals surface area contributed by atoms with E-state index in [0.717, 1.165) is 5.56 Å². The SMILES string of the molecule is CN(Cc1ccccc1)S(=O)(=O)CCNC(=O)c1ccc(F)cc1. The molecule has 0 spiro atoms. The Kier molecular flexibility index (Phi) is 6.05. The van der Waals surface area contributed by atoms with Crippen LogP contribution in [-0.4, -0.2) is 38.0 Å². The summed E-state index contributed by atoms with van der Waals surface area (Å²) in [6.45, 7) is 0.257. The Balaban J connectivity index is 1.85. The van der Waals surface area contributed by atoms with Gasteiger partial charge >= 0.3 is 0 Å². The minimum absolute atomic E-state index is 0.0162. The van der Waals surface area contributed by atoms with E-state index in [4.69, 9.17) is 0 Å². The van der Waals surface area contributed by atoms with E-state index in [-0.39, 0.29) is 24.4 Å². The molecule has 0 saturated carbocycles. The summed E-state index contributed by atoms with van der Waals surface area (Å²) in [6.07, 6.45) is 0. The van der Waals surface area contributed by atoms with Crippen LogP contribution in [-0.2, 0) is 16.6 Å². The molecule has 0 radical (unpaired) electrons. The minimum Gasteiger partial charge on any atom is -0.351 e. The number of benzene rings is 2. The Morgan fingerprint density at radius 3 is 2.33 bits per heavy atom. The van der Waals surface area contributed by atoms with Crippen LogP contribution in [0.4, 0.5) is 4.39 Å². The number of sulfonamides is 1. The summed E-state index contributed by atoms with van der Waals surface area (Å²) in [5.41, 5.74) is 1.17. The van der Waals surface area contributed by atoms with Crippen LogP contribution in [0.1, 0.15) is 15.9 Å². The fraction of sp³-hybridized carbons (Fsp3) is 0.235. The molecule has 1 N–H and O–H groups in total. The summed E-state index contributed by atoms with van der Waals surface area (Å²) in [5.74, 6) is -1.07. The molecule has 0 aromatic heterocycles. The van der Waals surface area contributed by atoms with Crippen molar-refractivity contribution in [3.8, 4) is 0 Å². The number of amides is 1.